The third kappa shape index (κ3) is 3.96. The van der Waals surface area contributed by atoms with Crippen LogP contribution in [0.2, 0.25) is 0 Å². The third-order valence-corrected chi connectivity index (χ3v) is 4.55. The van der Waals surface area contributed by atoms with Crippen molar-refractivity contribution in [1.29, 1.82) is 0 Å². The van der Waals surface area contributed by atoms with Crippen LogP contribution in [0.15, 0.2) is 0 Å². The molecule has 0 amide bonds. The summed E-state index contributed by atoms with van der Waals surface area (Å²) in [6, 6.07) is 1.36. The Hall–Kier alpha value is -0.0800. The van der Waals surface area contributed by atoms with Crippen molar-refractivity contribution in [3.05, 3.63) is 0 Å². The van der Waals surface area contributed by atoms with Crippen molar-refractivity contribution in [3.63, 3.8) is 0 Å². The Morgan fingerprint density at radius 1 is 1.00 bits per heavy atom. The summed E-state index contributed by atoms with van der Waals surface area (Å²) >= 11 is 0. The van der Waals surface area contributed by atoms with Gasteiger partial charge in [0.2, 0.25) is 0 Å². The van der Waals surface area contributed by atoms with Gasteiger partial charge in [-0.15, -0.1) is 0 Å². The van der Waals surface area contributed by atoms with Gasteiger partial charge in [-0.1, -0.05) is 19.3 Å². The molecule has 2 fully saturated rings. The molecule has 1 aliphatic carbocycles. The second kappa shape index (κ2) is 6.19. The summed E-state index contributed by atoms with van der Waals surface area (Å²) in [6.07, 6.45) is 10.4. The van der Waals surface area contributed by atoms with E-state index in [9.17, 15) is 0 Å². The largest absolute Gasteiger partial charge is 0.375 e. The van der Waals surface area contributed by atoms with E-state index in [0.717, 1.165) is 5.92 Å². The fourth-order valence-electron chi connectivity index (χ4n) is 3.68. The van der Waals surface area contributed by atoms with E-state index >= 15 is 0 Å². The van der Waals surface area contributed by atoms with Gasteiger partial charge in [-0.05, 0) is 52.4 Å². The molecular weight excluding hydrogens is 210 g/mol. The van der Waals surface area contributed by atoms with Gasteiger partial charge in [0.25, 0.3) is 0 Å². The van der Waals surface area contributed by atoms with Crippen molar-refractivity contribution >= 4 is 0 Å². The SMILES string of the molecule is CC1CC(N[C@H](C)C2CCCCC2)CC(C)O1. The first-order valence-electron chi connectivity index (χ1n) is 7.56. The van der Waals surface area contributed by atoms with E-state index in [1.54, 1.807) is 0 Å². The molecule has 0 aromatic carbocycles. The zero-order valence-corrected chi connectivity index (χ0v) is 11.7. The molecule has 2 unspecified atom stereocenters. The molecule has 2 aliphatic rings. The Labute approximate surface area is 107 Å². The van der Waals surface area contributed by atoms with Gasteiger partial charge < -0.3 is 10.1 Å². The van der Waals surface area contributed by atoms with E-state index in [1.165, 1.54) is 44.9 Å². The molecule has 0 radical (unpaired) electrons. The van der Waals surface area contributed by atoms with Crippen molar-refractivity contribution in [2.75, 3.05) is 0 Å². The van der Waals surface area contributed by atoms with Crippen LogP contribution in [0.25, 0.3) is 0 Å². The molecule has 0 bridgehead atoms. The lowest BCUT2D eigenvalue weighted by Gasteiger charge is -2.37. The normalized spacial score (nSPS) is 37.9. The summed E-state index contributed by atoms with van der Waals surface area (Å²) in [5.41, 5.74) is 0. The smallest absolute Gasteiger partial charge is 0.0565 e. The average molecular weight is 239 g/mol. The van der Waals surface area contributed by atoms with Crippen LogP contribution in [-0.2, 0) is 4.74 Å². The van der Waals surface area contributed by atoms with Gasteiger partial charge in [-0.2, -0.15) is 0 Å². The van der Waals surface area contributed by atoms with Crippen molar-refractivity contribution in [2.24, 2.45) is 5.92 Å². The molecule has 100 valence electrons. The summed E-state index contributed by atoms with van der Waals surface area (Å²) in [4.78, 5) is 0. The molecule has 3 atom stereocenters. The van der Waals surface area contributed by atoms with Crippen LogP contribution in [0.4, 0.5) is 0 Å². The fourth-order valence-corrected chi connectivity index (χ4v) is 3.68. The van der Waals surface area contributed by atoms with E-state index in [1.807, 2.05) is 0 Å². The first-order valence-corrected chi connectivity index (χ1v) is 7.56. The molecule has 1 N–H and O–H groups in total. The zero-order chi connectivity index (χ0) is 12.3. The molecule has 2 nitrogen and oxygen atoms in total. The summed E-state index contributed by atoms with van der Waals surface area (Å²) in [5, 5.41) is 3.87. The number of hydrogen-bond acceptors (Lipinski definition) is 2. The van der Waals surface area contributed by atoms with Gasteiger partial charge in [-0.3, -0.25) is 0 Å². The predicted molar refractivity (Wildman–Crippen MR) is 72.2 cm³/mol. The standard InChI is InChI=1S/C15H29NO/c1-11-9-15(10-12(2)17-11)16-13(3)14-7-5-4-6-8-14/h11-16H,4-10H2,1-3H3/t11?,12?,13-,15?/m1/s1. The Balaban J connectivity index is 1.78. The summed E-state index contributed by atoms with van der Waals surface area (Å²) < 4.78 is 5.80. The van der Waals surface area contributed by atoms with Crippen molar-refractivity contribution in [3.8, 4) is 0 Å². The van der Waals surface area contributed by atoms with Gasteiger partial charge in [0.15, 0.2) is 0 Å². The Bertz CT molecular complexity index is 215. The lowest BCUT2D eigenvalue weighted by atomic mass is 9.84. The minimum Gasteiger partial charge on any atom is -0.375 e. The maximum Gasteiger partial charge on any atom is 0.0565 e. The summed E-state index contributed by atoms with van der Waals surface area (Å²) in [5.74, 6) is 0.914. The topological polar surface area (TPSA) is 21.3 Å². The molecule has 0 aromatic rings. The Kier molecular flexibility index (Phi) is 4.87. The van der Waals surface area contributed by atoms with Gasteiger partial charge in [0, 0.05) is 12.1 Å². The van der Waals surface area contributed by atoms with E-state index in [-0.39, 0.29) is 0 Å². The van der Waals surface area contributed by atoms with Crippen molar-refractivity contribution in [2.45, 2.75) is 90.0 Å². The molecule has 17 heavy (non-hydrogen) atoms. The number of rotatable bonds is 3. The first-order chi connectivity index (χ1) is 8.15. The molecule has 0 spiro atoms. The van der Waals surface area contributed by atoms with Crippen LogP contribution in [-0.4, -0.2) is 24.3 Å². The van der Waals surface area contributed by atoms with Crippen LogP contribution in [0.3, 0.4) is 0 Å². The summed E-state index contributed by atoms with van der Waals surface area (Å²) in [7, 11) is 0. The molecule has 1 saturated heterocycles. The highest BCUT2D eigenvalue weighted by Gasteiger charge is 2.27. The second-order valence-corrected chi connectivity index (χ2v) is 6.28. The first kappa shape index (κ1) is 13.4. The monoisotopic (exact) mass is 239 g/mol. The van der Waals surface area contributed by atoms with Gasteiger partial charge in [-0.25, -0.2) is 0 Å². The maximum absolute atomic E-state index is 5.80. The lowest BCUT2D eigenvalue weighted by Crippen LogP contribution is -2.47. The zero-order valence-electron chi connectivity index (χ0n) is 11.7. The third-order valence-electron chi connectivity index (χ3n) is 4.55. The molecule has 0 aromatic heterocycles. The van der Waals surface area contributed by atoms with Gasteiger partial charge in [0.1, 0.15) is 0 Å². The quantitative estimate of drug-likeness (QED) is 0.814. The summed E-state index contributed by atoms with van der Waals surface area (Å²) in [6.45, 7) is 6.80. The van der Waals surface area contributed by atoms with Gasteiger partial charge in [0.05, 0.1) is 12.2 Å². The van der Waals surface area contributed by atoms with Crippen LogP contribution in [0, 0.1) is 5.92 Å². The van der Waals surface area contributed by atoms with E-state index in [4.69, 9.17) is 4.74 Å². The lowest BCUT2D eigenvalue weighted by molar-refractivity contribution is -0.0444. The molecule has 1 aliphatic heterocycles. The predicted octanol–water partition coefficient (Wildman–Crippen LogP) is 3.50. The fraction of sp³-hybridized carbons (Fsp3) is 1.00. The highest BCUT2D eigenvalue weighted by Crippen LogP contribution is 2.28. The average Bonchev–Trinajstić information content (AvgIpc) is 2.28. The Morgan fingerprint density at radius 2 is 1.59 bits per heavy atom. The van der Waals surface area contributed by atoms with Crippen LogP contribution in [0.5, 0.6) is 0 Å². The van der Waals surface area contributed by atoms with Gasteiger partial charge >= 0.3 is 0 Å². The Morgan fingerprint density at radius 3 is 2.18 bits per heavy atom. The minimum absolute atomic E-state index is 0.426. The molecule has 2 heteroatoms. The minimum atomic E-state index is 0.426. The molecule has 2 rings (SSSR count). The van der Waals surface area contributed by atoms with Crippen LogP contribution < -0.4 is 5.32 Å². The van der Waals surface area contributed by atoms with Crippen molar-refractivity contribution < 1.29 is 4.74 Å². The highest BCUT2D eigenvalue weighted by molar-refractivity contribution is 4.84. The van der Waals surface area contributed by atoms with Crippen LogP contribution >= 0.6 is 0 Å². The number of ether oxygens (including phenoxy) is 1. The maximum atomic E-state index is 5.80. The number of nitrogens with one attached hydrogen (secondary N) is 1. The molecule has 1 saturated carbocycles. The highest BCUT2D eigenvalue weighted by atomic mass is 16.5. The second-order valence-electron chi connectivity index (χ2n) is 6.28. The molecule has 1 heterocycles. The van der Waals surface area contributed by atoms with Crippen LogP contribution in [0.1, 0.15) is 65.7 Å². The molecular formula is C15H29NO. The van der Waals surface area contributed by atoms with E-state index in [0.29, 0.717) is 24.3 Å². The van der Waals surface area contributed by atoms with E-state index < -0.39 is 0 Å². The van der Waals surface area contributed by atoms with Crippen molar-refractivity contribution in [1.82, 2.24) is 5.32 Å². The van der Waals surface area contributed by atoms with E-state index in [2.05, 4.69) is 26.1 Å². The number of hydrogen-bond donors (Lipinski definition) is 1.